The number of hydrogen-bond acceptors (Lipinski definition) is 3. The molecule has 19 heavy (non-hydrogen) atoms. The third-order valence-corrected chi connectivity index (χ3v) is 3.49. The number of benzene rings is 1. The number of ether oxygens (including phenoxy) is 1. The Labute approximate surface area is 111 Å². The van der Waals surface area contributed by atoms with E-state index in [1.807, 2.05) is 0 Å². The zero-order valence-electron chi connectivity index (χ0n) is 10.9. The van der Waals surface area contributed by atoms with E-state index in [0.29, 0.717) is 11.5 Å². The number of alkyl halides is 2. The van der Waals surface area contributed by atoms with Gasteiger partial charge in [-0.3, -0.25) is 0 Å². The van der Waals surface area contributed by atoms with Crippen molar-refractivity contribution in [3.63, 3.8) is 0 Å². The Balaban J connectivity index is 2.19. The molecule has 0 spiro atoms. The summed E-state index contributed by atoms with van der Waals surface area (Å²) in [5.74, 6) is 0.742. The van der Waals surface area contributed by atoms with E-state index >= 15 is 0 Å². The lowest BCUT2D eigenvalue weighted by Gasteiger charge is -2.31. The molecule has 1 aliphatic carbocycles. The lowest BCUT2D eigenvalue weighted by Crippen LogP contribution is -2.44. The minimum atomic E-state index is -2.87. The van der Waals surface area contributed by atoms with Crippen LogP contribution in [0.25, 0.3) is 0 Å². The van der Waals surface area contributed by atoms with Gasteiger partial charge >= 0.3 is 6.61 Å². The molecule has 106 valence electrons. The molecule has 1 saturated carbocycles. The Morgan fingerprint density at radius 3 is 2.68 bits per heavy atom. The zero-order valence-corrected chi connectivity index (χ0v) is 10.9. The van der Waals surface area contributed by atoms with Crippen molar-refractivity contribution in [1.29, 1.82) is 0 Å². The van der Waals surface area contributed by atoms with Gasteiger partial charge in [0.15, 0.2) is 0 Å². The van der Waals surface area contributed by atoms with Crippen molar-refractivity contribution in [3.8, 4) is 5.75 Å². The monoisotopic (exact) mass is 271 g/mol. The first-order valence-corrected chi connectivity index (χ1v) is 6.45. The van der Waals surface area contributed by atoms with Crippen molar-refractivity contribution < 1.29 is 18.6 Å². The standard InChI is InChI=1S/C14H19F2NO2/c1-14(9-18,17-8-10-6-7-10)11-4-2-3-5-12(11)19-13(15)16/h2-5,10,13,17-18H,6-9H2,1H3. The van der Waals surface area contributed by atoms with Crippen molar-refractivity contribution in [2.24, 2.45) is 5.92 Å². The molecule has 1 aromatic carbocycles. The first-order chi connectivity index (χ1) is 9.05. The summed E-state index contributed by atoms with van der Waals surface area (Å²) in [5.41, 5.74) is -0.216. The fourth-order valence-corrected chi connectivity index (χ4v) is 2.05. The molecule has 0 radical (unpaired) electrons. The number of aliphatic hydroxyl groups excluding tert-OH is 1. The topological polar surface area (TPSA) is 41.5 Å². The Bertz CT molecular complexity index is 424. The summed E-state index contributed by atoms with van der Waals surface area (Å²) in [4.78, 5) is 0. The molecular weight excluding hydrogens is 252 g/mol. The molecule has 5 heteroatoms. The largest absolute Gasteiger partial charge is 0.434 e. The second-order valence-corrected chi connectivity index (χ2v) is 5.19. The number of nitrogens with one attached hydrogen (secondary N) is 1. The normalized spacial score (nSPS) is 18.4. The second-order valence-electron chi connectivity index (χ2n) is 5.19. The van der Waals surface area contributed by atoms with Gasteiger partial charge in [-0.05, 0) is 38.3 Å². The number of hydrogen-bond donors (Lipinski definition) is 2. The number of halogens is 2. The van der Waals surface area contributed by atoms with Gasteiger partial charge in [0.25, 0.3) is 0 Å². The summed E-state index contributed by atoms with van der Waals surface area (Å²) >= 11 is 0. The first kappa shape index (κ1) is 14.2. The van der Waals surface area contributed by atoms with Crippen LogP contribution in [0.1, 0.15) is 25.3 Å². The molecule has 1 atom stereocenters. The smallest absolute Gasteiger partial charge is 0.387 e. The summed E-state index contributed by atoms with van der Waals surface area (Å²) in [6, 6.07) is 6.59. The average Bonchev–Trinajstić information content (AvgIpc) is 3.20. The molecule has 1 aromatic rings. The van der Waals surface area contributed by atoms with Crippen molar-refractivity contribution in [1.82, 2.24) is 5.32 Å². The van der Waals surface area contributed by atoms with E-state index in [1.165, 1.54) is 18.9 Å². The number of aliphatic hydroxyl groups is 1. The van der Waals surface area contributed by atoms with Crippen LogP contribution in [0.4, 0.5) is 8.78 Å². The predicted octanol–water partition coefficient (Wildman–Crippen LogP) is 2.50. The van der Waals surface area contributed by atoms with E-state index in [-0.39, 0.29) is 12.4 Å². The molecule has 2 N–H and O–H groups in total. The minimum Gasteiger partial charge on any atom is -0.434 e. The van der Waals surface area contributed by atoms with Crippen LogP contribution in [0.15, 0.2) is 24.3 Å². The maximum Gasteiger partial charge on any atom is 0.387 e. The molecule has 1 aliphatic rings. The summed E-state index contributed by atoms with van der Waals surface area (Å²) in [6.07, 6.45) is 2.37. The summed E-state index contributed by atoms with van der Waals surface area (Å²) < 4.78 is 29.4. The zero-order chi connectivity index (χ0) is 13.9. The molecule has 0 bridgehead atoms. The van der Waals surface area contributed by atoms with E-state index < -0.39 is 12.2 Å². The van der Waals surface area contributed by atoms with Gasteiger partial charge in [-0.1, -0.05) is 18.2 Å². The fourth-order valence-electron chi connectivity index (χ4n) is 2.05. The SMILES string of the molecule is CC(CO)(NCC1CC1)c1ccccc1OC(F)F. The van der Waals surface area contributed by atoms with Gasteiger partial charge in [-0.2, -0.15) is 8.78 Å². The van der Waals surface area contributed by atoms with Gasteiger partial charge in [-0.25, -0.2) is 0 Å². The first-order valence-electron chi connectivity index (χ1n) is 6.45. The van der Waals surface area contributed by atoms with Gasteiger partial charge in [0.1, 0.15) is 5.75 Å². The van der Waals surface area contributed by atoms with Gasteiger partial charge < -0.3 is 15.2 Å². The number of para-hydroxylation sites is 1. The quantitative estimate of drug-likeness (QED) is 0.800. The van der Waals surface area contributed by atoms with Crippen LogP contribution in [-0.4, -0.2) is 24.9 Å². The molecule has 0 aliphatic heterocycles. The molecule has 0 heterocycles. The van der Waals surface area contributed by atoms with E-state index in [4.69, 9.17) is 0 Å². The highest BCUT2D eigenvalue weighted by molar-refractivity contribution is 5.39. The molecule has 0 amide bonds. The summed E-state index contributed by atoms with van der Waals surface area (Å²) in [7, 11) is 0. The third kappa shape index (κ3) is 3.64. The number of rotatable bonds is 7. The Morgan fingerprint density at radius 2 is 2.11 bits per heavy atom. The van der Waals surface area contributed by atoms with Gasteiger partial charge in [0.05, 0.1) is 12.1 Å². The molecule has 2 rings (SSSR count). The Hall–Kier alpha value is -1.20. The van der Waals surface area contributed by atoms with Crippen LogP contribution in [0.2, 0.25) is 0 Å². The highest BCUT2D eigenvalue weighted by atomic mass is 19.3. The van der Waals surface area contributed by atoms with E-state index in [9.17, 15) is 13.9 Å². The maximum atomic E-state index is 12.4. The summed E-state index contributed by atoms with van der Waals surface area (Å²) in [6.45, 7) is -0.473. The van der Waals surface area contributed by atoms with Gasteiger partial charge in [0.2, 0.25) is 0 Å². The lowest BCUT2D eigenvalue weighted by atomic mass is 9.91. The third-order valence-electron chi connectivity index (χ3n) is 3.49. The molecule has 0 aromatic heterocycles. The van der Waals surface area contributed by atoms with Gasteiger partial charge in [-0.15, -0.1) is 0 Å². The molecular formula is C14H19F2NO2. The maximum absolute atomic E-state index is 12.4. The highest BCUT2D eigenvalue weighted by Crippen LogP contribution is 2.33. The van der Waals surface area contributed by atoms with E-state index in [2.05, 4.69) is 10.1 Å². The van der Waals surface area contributed by atoms with Crippen molar-refractivity contribution in [2.75, 3.05) is 13.2 Å². The van der Waals surface area contributed by atoms with Crippen molar-refractivity contribution in [2.45, 2.75) is 31.9 Å². The van der Waals surface area contributed by atoms with Crippen LogP contribution < -0.4 is 10.1 Å². The Morgan fingerprint density at radius 1 is 1.42 bits per heavy atom. The minimum absolute atomic E-state index is 0.109. The van der Waals surface area contributed by atoms with Crippen LogP contribution in [0, 0.1) is 5.92 Å². The van der Waals surface area contributed by atoms with E-state index in [1.54, 1.807) is 25.1 Å². The Kier molecular flexibility index (Phi) is 4.37. The van der Waals surface area contributed by atoms with Crippen molar-refractivity contribution in [3.05, 3.63) is 29.8 Å². The summed E-state index contributed by atoms with van der Waals surface area (Å²) in [5, 5.41) is 12.9. The molecule has 1 fully saturated rings. The molecule has 0 saturated heterocycles. The lowest BCUT2D eigenvalue weighted by molar-refractivity contribution is -0.0515. The highest BCUT2D eigenvalue weighted by Gasteiger charge is 2.32. The fraction of sp³-hybridized carbons (Fsp3) is 0.571. The predicted molar refractivity (Wildman–Crippen MR) is 68.2 cm³/mol. The molecule has 3 nitrogen and oxygen atoms in total. The van der Waals surface area contributed by atoms with Crippen LogP contribution in [0.5, 0.6) is 5.75 Å². The van der Waals surface area contributed by atoms with Crippen LogP contribution >= 0.6 is 0 Å². The van der Waals surface area contributed by atoms with Gasteiger partial charge in [0, 0.05) is 5.56 Å². The average molecular weight is 271 g/mol. The molecule has 1 unspecified atom stereocenters. The van der Waals surface area contributed by atoms with Crippen molar-refractivity contribution >= 4 is 0 Å². The van der Waals surface area contributed by atoms with Crippen LogP contribution in [-0.2, 0) is 5.54 Å². The second kappa shape index (κ2) is 5.84. The van der Waals surface area contributed by atoms with Crippen LogP contribution in [0.3, 0.4) is 0 Å². The van der Waals surface area contributed by atoms with E-state index in [0.717, 1.165) is 6.54 Å².